The number of hydrogen-bond donors (Lipinski definition) is 1. The minimum Gasteiger partial charge on any atom is -0.443 e. The number of ether oxygens (including phenoxy) is 2. The monoisotopic (exact) mass is 420 g/mol. The normalized spacial score (nSPS) is 21.8. The summed E-state index contributed by atoms with van der Waals surface area (Å²) in [6, 6.07) is 14.8. The maximum Gasteiger partial charge on any atom is 0.414 e. The lowest BCUT2D eigenvalue weighted by Gasteiger charge is -2.39. The third-order valence-corrected chi connectivity index (χ3v) is 5.70. The van der Waals surface area contributed by atoms with Crippen LogP contribution in [-0.2, 0) is 16.1 Å². The highest BCUT2D eigenvalue weighted by atomic mass is 16.6. The van der Waals surface area contributed by atoms with Crippen LogP contribution in [0.3, 0.4) is 0 Å². The third kappa shape index (κ3) is 5.35. The van der Waals surface area contributed by atoms with E-state index in [-0.39, 0.29) is 18.1 Å². The van der Waals surface area contributed by atoms with Crippen molar-refractivity contribution in [3.8, 4) is 0 Å². The van der Waals surface area contributed by atoms with Crippen molar-refractivity contribution in [2.24, 2.45) is 5.92 Å². The number of carbonyl (C=O) groups is 1. The van der Waals surface area contributed by atoms with E-state index in [1.165, 1.54) is 10.8 Å². The van der Waals surface area contributed by atoms with Gasteiger partial charge < -0.3 is 14.8 Å². The van der Waals surface area contributed by atoms with Crippen LogP contribution in [0.2, 0.25) is 0 Å². The molecule has 1 amide bonds. The van der Waals surface area contributed by atoms with Gasteiger partial charge in [-0.25, -0.2) is 4.79 Å². The van der Waals surface area contributed by atoms with Crippen molar-refractivity contribution in [2.75, 3.05) is 19.6 Å². The summed E-state index contributed by atoms with van der Waals surface area (Å²) in [4.78, 5) is 14.6. The predicted molar refractivity (Wildman–Crippen MR) is 124 cm³/mol. The Bertz CT molecular complexity index is 990. The number of allylic oxidation sites excluding steroid dienone is 2. The number of nitrogens with zero attached hydrogens (tertiary/aromatic N) is 1. The Labute approximate surface area is 184 Å². The first-order valence-corrected chi connectivity index (χ1v) is 11.1. The van der Waals surface area contributed by atoms with Gasteiger partial charge in [0.25, 0.3) is 0 Å². The minimum atomic E-state index is -0.524. The number of benzene rings is 2. The van der Waals surface area contributed by atoms with Crippen LogP contribution in [0.25, 0.3) is 10.8 Å². The Morgan fingerprint density at radius 3 is 2.77 bits per heavy atom. The van der Waals surface area contributed by atoms with Gasteiger partial charge in [0, 0.05) is 24.7 Å². The number of amides is 1. The van der Waals surface area contributed by atoms with E-state index in [9.17, 15) is 4.79 Å². The highest BCUT2D eigenvalue weighted by molar-refractivity contribution is 5.82. The van der Waals surface area contributed by atoms with Gasteiger partial charge >= 0.3 is 6.09 Å². The minimum absolute atomic E-state index is 0.0112. The second-order valence-electron chi connectivity index (χ2n) is 9.24. The fraction of sp³-hybridized carbons (Fsp3) is 0.423. The fourth-order valence-corrected chi connectivity index (χ4v) is 4.22. The molecular weight excluding hydrogens is 388 g/mol. The lowest BCUT2D eigenvalue weighted by Crippen LogP contribution is -2.48. The topological polar surface area (TPSA) is 50.8 Å². The zero-order valence-corrected chi connectivity index (χ0v) is 18.6. The van der Waals surface area contributed by atoms with Gasteiger partial charge in [0.05, 0.1) is 12.7 Å². The lowest BCUT2D eigenvalue weighted by molar-refractivity contribution is -0.0126. The summed E-state index contributed by atoms with van der Waals surface area (Å²) < 4.78 is 12.1. The zero-order chi connectivity index (χ0) is 21.8. The number of nitrogens with one attached hydrogen (secondary N) is 1. The Morgan fingerprint density at radius 2 is 1.97 bits per heavy atom. The molecule has 0 spiro atoms. The molecule has 1 saturated heterocycles. The van der Waals surface area contributed by atoms with E-state index in [4.69, 9.17) is 9.47 Å². The van der Waals surface area contributed by atoms with Crippen molar-refractivity contribution in [3.63, 3.8) is 0 Å². The Kier molecular flexibility index (Phi) is 6.44. The van der Waals surface area contributed by atoms with Gasteiger partial charge in [-0.1, -0.05) is 48.6 Å². The van der Waals surface area contributed by atoms with E-state index in [2.05, 4.69) is 47.8 Å². The first-order valence-electron chi connectivity index (χ1n) is 11.1. The van der Waals surface area contributed by atoms with Gasteiger partial charge in [0.15, 0.2) is 0 Å². The third-order valence-electron chi connectivity index (χ3n) is 5.70. The summed E-state index contributed by atoms with van der Waals surface area (Å²) in [6.07, 6.45) is 6.66. The van der Waals surface area contributed by atoms with E-state index in [0.717, 1.165) is 30.8 Å². The summed E-state index contributed by atoms with van der Waals surface area (Å²) in [7, 11) is 0. The molecule has 31 heavy (non-hydrogen) atoms. The predicted octanol–water partition coefficient (Wildman–Crippen LogP) is 5.03. The summed E-state index contributed by atoms with van der Waals surface area (Å²) in [5, 5.41) is 5.90. The molecule has 1 fully saturated rings. The van der Waals surface area contributed by atoms with Gasteiger partial charge in [-0.05, 0) is 62.2 Å². The highest BCUT2D eigenvalue weighted by Gasteiger charge is 2.35. The van der Waals surface area contributed by atoms with Crippen LogP contribution < -0.4 is 5.32 Å². The summed E-state index contributed by atoms with van der Waals surface area (Å²) in [5.41, 5.74) is 1.62. The molecular formula is C26H32N2O3. The Balaban J connectivity index is 1.48. The van der Waals surface area contributed by atoms with Gasteiger partial charge in [0.2, 0.25) is 0 Å². The number of fused-ring (bicyclic) bond motifs is 1. The molecule has 2 aromatic carbocycles. The molecule has 4 rings (SSSR count). The lowest BCUT2D eigenvalue weighted by atomic mass is 9.89. The average Bonchev–Trinajstić information content (AvgIpc) is 2.76. The molecule has 5 heteroatoms. The molecule has 0 bridgehead atoms. The van der Waals surface area contributed by atoms with Crippen molar-refractivity contribution < 1.29 is 14.3 Å². The van der Waals surface area contributed by atoms with Gasteiger partial charge in [-0.2, -0.15) is 0 Å². The van der Waals surface area contributed by atoms with Crippen LogP contribution in [0.1, 0.15) is 32.8 Å². The number of rotatable bonds is 4. The van der Waals surface area contributed by atoms with Crippen LogP contribution >= 0.6 is 0 Å². The molecule has 5 nitrogen and oxygen atoms in total. The SMILES string of the molecule is CC(C)(C)OC(=O)N1CC=CC=C1C1CCNCC1OCc1ccc2ccccc2c1. The Morgan fingerprint density at radius 1 is 1.16 bits per heavy atom. The molecule has 2 aliphatic heterocycles. The summed E-state index contributed by atoms with van der Waals surface area (Å²) in [6.45, 7) is 8.44. The van der Waals surface area contributed by atoms with Gasteiger partial charge in [-0.15, -0.1) is 0 Å². The molecule has 0 saturated carbocycles. The van der Waals surface area contributed by atoms with Crippen LogP contribution in [0, 0.1) is 5.92 Å². The maximum absolute atomic E-state index is 12.8. The quantitative estimate of drug-likeness (QED) is 0.754. The molecule has 2 aromatic rings. The van der Waals surface area contributed by atoms with Crippen molar-refractivity contribution in [3.05, 3.63) is 72.0 Å². The van der Waals surface area contributed by atoms with Crippen molar-refractivity contribution in [1.82, 2.24) is 10.2 Å². The zero-order valence-electron chi connectivity index (χ0n) is 18.6. The summed E-state index contributed by atoms with van der Waals surface area (Å²) in [5.74, 6) is 0.138. The second-order valence-corrected chi connectivity index (χ2v) is 9.24. The smallest absolute Gasteiger partial charge is 0.414 e. The van der Waals surface area contributed by atoms with E-state index in [0.29, 0.717) is 13.2 Å². The van der Waals surface area contributed by atoms with Crippen LogP contribution in [-0.4, -0.2) is 42.3 Å². The van der Waals surface area contributed by atoms with Crippen molar-refractivity contribution in [1.29, 1.82) is 0 Å². The first kappa shape index (κ1) is 21.6. The molecule has 0 radical (unpaired) electrons. The number of piperidine rings is 1. The van der Waals surface area contributed by atoms with Crippen molar-refractivity contribution >= 4 is 16.9 Å². The molecule has 2 heterocycles. The van der Waals surface area contributed by atoms with E-state index in [1.54, 1.807) is 4.90 Å². The van der Waals surface area contributed by atoms with Gasteiger partial charge in [-0.3, -0.25) is 4.90 Å². The standard InChI is InChI=1S/C26H32N2O3/c1-26(2,3)31-25(29)28-15-7-6-10-23(28)22-13-14-27-17-24(22)30-18-19-11-12-20-8-4-5-9-21(20)16-19/h4-12,16,22,24,27H,13-15,17-18H2,1-3H3. The highest BCUT2D eigenvalue weighted by Crippen LogP contribution is 2.30. The molecule has 2 atom stereocenters. The molecule has 164 valence electrons. The average molecular weight is 421 g/mol. The molecule has 0 aliphatic carbocycles. The van der Waals surface area contributed by atoms with Crippen LogP contribution in [0.4, 0.5) is 4.79 Å². The second kappa shape index (κ2) is 9.25. The van der Waals surface area contributed by atoms with Crippen LogP contribution in [0.5, 0.6) is 0 Å². The van der Waals surface area contributed by atoms with Crippen molar-refractivity contribution in [2.45, 2.75) is 45.5 Å². The van der Waals surface area contributed by atoms with Gasteiger partial charge in [0.1, 0.15) is 5.60 Å². The maximum atomic E-state index is 12.8. The Hall–Kier alpha value is -2.63. The van der Waals surface area contributed by atoms with Crippen LogP contribution in [0.15, 0.2) is 66.4 Å². The fourth-order valence-electron chi connectivity index (χ4n) is 4.22. The first-order chi connectivity index (χ1) is 14.9. The molecule has 2 unspecified atom stereocenters. The van der Waals surface area contributed by atoms with E-state index in [1.807, 2.05) is 39.0 Å². The molecule has 2 aliphatic rings. The molecule has 1 N–H and O–H groups in total. The molecule has 0 aromatic heterocycles. The summed E-state index contributed by atoms with van der Waals surface area (Å²) >= 11 is 0. The number of hydrogen-bond acceptors (Lipinski definition) is 4. The number of carbonyl (C=O) groups excluding carboxylic acids is 1. The van der Waals surface area contributed by atoms with E-state index >= 15 is 0 Å². The van der Waals surface area contributed by atoms with E-state index < -0.39 is 5.60 Å². The largest absolute Gasteiger partial charge is 0.443 e.